The maximum atomic E-state index is 2.50. The topological polar surface area (TPSA) is 0 Å². The summed E-state index contributed by atoms with van der Waals surface area (Å²) in [5, 5.41) is 0. The molecule has 0 aromatic rings. The summed E-state index contributed by atoms with van der Waals surface area (Å²) in [6, 6.07) is 0. The Labute approximate surface area is 225 Å². The summed E-state index contributed by atoms with van der Waals surface area (Å²) < 4.78 is 0. The molecule has 0 saturated heterocycles. The summed E-state index contributed by atoms with van der Waals surface area (Å²) in [5.74, 6) is 1.86. The maximum absolute atomic E-state index is 2.50. The van der Waals surface area contributed by atoms with Crippen molar-refractivity contribution in [1.29, 1.82) is 0 Å². The Morgan fingerprint density at radius 1 is 0.286 bits per heavy atom. The van der Waals surface area contributed by atoms with E-state index >= 15 is 0 Å². The van der Waals surface area contributed by atoms with Crippen LogP contribution in [0.2, 0.25) is 0 Å². The van der Waals surface area contributed by atoms with Crippen LogP contribution in [-0.4, -0.2) is 0 Å². The molecule has 0 aliphatic heterocycles. The monoisotopic (exact) mass is 493 g/mol. The van der Waals surface area contributed by atoms with Gasteiger partial charge in [0.2, 0.25) is 0 Å². The van der Waals surface area contributed by atoms with Crippen LogP contribution in [0, 0.1) is 11.8 Å². The van der Waals surface area contributed by atoms with Crippen molar-refractivity contribution in [2.75, 3.05) is 0 Å². The molecule has 1 atom stereocenters. The first kappa shape index (κ1) is 35.0. The van der Waals surface area contributed by atoms with Gasteiger partial charge in [0.25, 0.3) is 0 Å². The third kappa shape index (κ3) is 32.0. The molecule has 0 bridgehead atoms. The lowest BCUT2D eigenvalue weighted by Crippen LogP contribution is -1.95. The summed E-state index contributed by atoms with van der Waals surface area (Å²) in [6.45, 7) is 9.50. The molecule has 0 aromatic carbocycles. The van der Waals surface area contributed by atoms with Crippen LogP contribution in [0.15, 0.2) is 0 Å². The van der Waals surface area contributed by atoms with Crippen LogP contribution in [-0.2, 0) is 0 Å². The van der Waals surface area contributed by atoms with Crippen LogP contribution in [0.4, 0.5) is 0 Å². The lowest BCUT2D eigenvalue weighted by molar-refractivity contribution is 0.430. The minimum absolute atomic E-state index is 0.896. The largest absolute Gasteiger partial charge is 0.0654 e. The minimum atomic E-state index is 0.896. The summed E-state index contributed by atoms with van der Waals surface area (Å²) >= 11 is 0. The molecule has 0 N–H and O–H groups in total. The van der Waals surface area contributed by atoms with E-state index in [0.717, 1.165) is 11.8 Å². The van der Waals surface area contributed by atoms with E-state index in [9.17, 15) is 0 Å². The van der Waals surface area contributed by atoms with E-state index in [2.05, 4.69) is 27.7 Å². The molecule has 0 aliphatic rings. The highest BCUT2D eigenvalue weighted by Crippen LogP contribution is 2.19. The fourth-order valence-corrected chi connectivity index (χ4v) is 5.64. The molecule has 0 radical (unpaired) electrons. The van der Waals surface area contributed by atoms with Crippen LogP contribution in [0.5, 0.6) is 0 Å². The quantitative estimate of drug-likeness (QED) is 0.0874. The van der Waals surface area contributed by atoms with Crippen molar-refractivity contribution in [3.63, 3.8) is 0 Å². The number of rotatable bonds is 30. The van der Waals surface area contributed by atoms with Gasteiger partial charge in [-0.2, -0.15) is 0 Å². The fourth-order valence-electron chi connectivity index (χ4n) is 5.64. The maximum Gasteiger partial charge on any atom is -0.0443 e. The van der Waals surface area contributed by atoms with Crippen molar-refractivity contribution in [1.82, 2.24) is 0 Å². The van der Waals surface area contributed by atoms with Crippen LogP contribution >= 0.6 is 0 Å². The Morgan fingerprint density at radius 3 is 0.771 bits per heavy atom. The molecule has 0 heteroatoms. The van der Waals surface area contributed by atoms with Crippen molar-refractivity contribution in [2.45, 2.75) is 214 Å². The third-order valence-corrected chi connectivity index (χ3v) is 8.28. The molecular weight excluding hydrogens is 420 g/mol. The van der Waals surface area contributed by atoms with Crippen LogP contribution in [0.25, 0.3) is 0 Å². The smallest absolute Gasteiger partial charge is 0.0443 e. The molecule has 35 heavy (non-hydrogen) atoms. The molecule has 0 fully saturated rings. The molecule has 0 saturated carbocycles. The van der Waals surface area contributed by atoms with E-state index in [1.165, 1.54) is 186 Å². The molecule has 0 heterocycles. The highest BCUT2D eigenvalue weighted by molar-refractivity contribution is 4.56. The van der Waals surface area contributed by atoms with Crippen molar-refractivity contribution >= 4 is 0 Å². The first-order chi connectivity index (χ1) is 17.2. The van der Waals surface area contributed by atoms with Crippen molar-refractivity contribution in [2.24, 2.45) is 11.8 Å². The van der Waals surface area contributed by atoms with E-state index in [4.69, 9.17) is 0 Å². The average Bonchev–Trinajstić information content (AvgIpc) is 2.84. The van der Waals surface area contributed by atoms with E-state index < -0.39 is 0 Å². The van der Waals surface area contributed by atoms with Gasteiger partial charge in [0, 0.05) is 0 Å². The highest BCUT2D eigenvalue weighted by Gasteiger charge is 2.02. The Morgan fingerprint density at radius 2 is 0.514 bits per heavy atom. The van der Waals surface area contributed by atoms with Crippen LogP contribution < -0.4 is 0 Å². The number of hydrogen-bond acceptors (Lipinski definition) is 0. The first-order valence-corrected chi connectivity index (χ1v) is 17.2. The van der Waals surface area contributed by atoms with Crippen LogP contribution in [0.1, 0.15) is 214 Å². The first-order valence-electron chi connectivity index (χ1n) is 17.2. The molecule has 1 unspecified atom stereocenters. The Hall–Kier alpha value is 0. The van der Waals surface area contributed by atoms with E-state index in [-0.39, 0.29) is 0 Å². The second-order valence-electron chi connectivity index (χ2n) is 12.7. The Balaban J connectivity index is 3.11. The zero-order valence-corrected chi connectivity index (χ0v) is 25.7. The van der Waals surface area contributed by atoms with Crippen molar-refractivity contribution < 1.29 is 0 Å². The predicted molar refractivity (Wildman–Crippen MR) is 164 cm³/mol. The second-order valence-corrected chi connectivity index (χ2v) is 12.7. The zero-order valence-electron chi connectivity index (χ0n) is 25.7. The predicted octanol–water partition coefficient (Wildman–Crippen LogP) is 13.6. The molecule has 0 nitrogen and oxygen atoms in total. The van der Waals surface area contributed by atoms with Crippen LogP contribution in [0.3, 0.4) is 0 Å². The van der Waals surface area contributed by atoms with Gasteiger partial charge in [-0.3, -0.25) is 0 Å². The molecule has 0 aromatic heterocycles. The number of hydrogen-bond donors (Lipinski definition) is 0. The summed E-state index contributed by atoms with van der Waals surface area (Å²) in [7, 11) is 0. The fraction of sp³-hybridized carbons (Fsp3) is 1.00. The van der Waals surface area contributed by atoms with E-state index in [1.807, 2.05) is 0 Å². The molecule has 0 rings (SSSR count). The van der Waals surface area contributed by atoms with Gasteiger partial charge in [0.15, 0.2) is 0 Å². The molecule has 0 amide bonds. The van der Waals surface area contributed by atoms with E-state index in [1.54, 1.807) is 0 Å². The Bertz CT molecular complexity index is 357. The van der Waals surface area contributed by atoms with Crippen molar-refractivity contribution in [3.8, 4) is 0 Å². The lowest BCUT2D eigenvalue weighted by atomic mass is 9.95. The molecular formula is C35H72. The molecule has 0 aliphatic carbocycles. The molecule has 212 valence electrons. The highest BCUT2D eigenvalue weighted by atomic mass is 14.1. The SMILES string of the molecule is CCCCCCCCCCC(C)CCCCCCCCCCCCCCCCCCCCC(C)C. The summed E-state index contributed by atoms with van der Waals surface area (Å²) in [5.41, 5.74) is 0. The van der Waals surface area contributed by atoms with Crippen molar-refractivity contribution in [3.05, 3.63) is 0 Å². The van der Waals surface area contributed by atoms with Gasteiger partial charge >= 0.3 is 0 Å². The standard InChI is InChI=1S/C35H72/c1-5-6-7-8-9-23-26-29-32-35(4)33-30-27-24-21-19-17-15-13-11-10-12-14-16-18-20-22-25-28-31-34(2)3/h34-35H,5-33H2,1-4H3. The van der Waals surface area contributed by atoms with Gasteiger partial charge in [-0.25, -0.2) is 0 Å². The van der Waals surface area contributed by atoms with Gasteiger partial charge in [0.1, 0.15) is 0 Å². The number of unbranched alkanes of at least 4 members (excludes halogenated alkanes) is 24. The minimum Gasteiger partial charge on any atom is -0.0654 e. The molecule has 0 spiro atoms. The third-order valence-electron chi connectivity index (χ3n) is 8.28. The summed E-state index contributed by atoms with van der Waals surface area (Å²) in [4.78, 5) is 0. The van der Waals surface area contributed by atoms with E-state index in [0.29, 0.717) is 0 Å². The lowest BCUT2D eigenvalue weighted by Gasteiger charge is -2.11. The Kier molecular flexibility index (Phi) is 30.2. The average molecular weight is 493 g/mol. The van der Waals surface area contributed by atoms with Gasteiger partial charge < -0.3 is 0 Å². The summed E-state index contributed by atoms with van der Waals surface area (Å²) in [6.07, 6.45) is 42.8. The normalized spacial score (nSPS) is 12.6. The second kappa shape index (κ2) is 30.2. The van der Waals surface area contributed by atoms with Gasteiger partial charge in [-0.1, -0.05) is 214 Å². The zero-order chi connectivity index (χ0) is 25.7. The van der Waals surface area contributed by atoms with Gasteiger partial charge in [-0.05, 0) is 11.8 Å². The van der Waals surface area contributed by atoms with Gasteiger partial charge in [0.05, 0.1) is 0 Å². The van der Waals surface area contributed by atoms with Gasteiger partial charge in [-0.15, -0.1) is 0 Å².